The third kappa shape index (κ3) is 5.33. The predicted octanol–water partition coefficient (Wildman–Crippen LogP) is 4.47. The van der Waals surface area contributed by atoms with Crippen molar-refractivity contribution in [2.75, 3.05) is 18.4 Å². The van der Waals surface area contributed by atoms with Crippen LogP contribution in [0, 0.1) is 0 Å². The molecule has 10 heteroatoms. The van der Waals surface area contributed by atoms with E-state index in [9.17, 15) is 22.8 Å². The first-order valence-electron chi connectivity index (χ1n) is 10.3. The molecule has 1 aliphatic rings. The summed E-state index contributed by atoms with van der Waals surface area (Å²) in [5, 5.41) is 5.74. The molecule has 1 aromatic carbocycles. The Balaban J connectivity index is 1.39. The molecule has 33 heavy (non-hydrogen) atoms. The number of likely N-dealkylation sites (tertiary alicyclic amines) is 1. The van der Waals surface area contributed by atoms with Gasteiger partial charge in [-0.3, -0.25) is 9.59 Å². The molecule has 0 aliphatic carbocycles. The first-order valence-corrected chi connectivity index (χ1v) is 10.3. The van der Waals surface area contributed by atoms with Gasteiger partial charge in [-0.15, -0.1) is 0 Å². The molecule has 0 radical (unpaired) electrons. The number of piperidine rings is 1. The van der Waals surface area contributed by atoms with Gasteiger partial charge in [-0.05, 0) is 49.2 Å². The van der Waals surface area contributed by atoms with Crippen LogP contribution in [-0.4, -0.2) is 40.8 Å². The van der Waals surface area contributed by atoms with Gasteiger partial charge in [-0.1, -0.05) is 6.07 Å². The number of anilines is 2. The molecule has 172 valence electrons. The Kier molecular flexibility index (Phi) is 6.34. The SMILES string of the molecule is O=C(NC1CCN(C(=O)c2ccoc2)CC1)c1cccnc1Nc1cccc(C(F)(F)F)c1. The van der Waals surface area contributed by atoms with Crippen LogP contribution in [0.25, 0.3) is 0 Å². The molecule has 7 nitrogen and oxygen atoms in total. The van der Waals surface area contributed by atoms with Gasteiger partial charge in [0.1, 0.15) is 12.1 Å². The van der Waals surface area contributed by atoms with Crippen molar-refractivity contribution in [1.29, 1.82) is 0 Å². The van der Waals surface area contributed by atoms with Crippen molar-refractivity contribution in [3.05, 3.63) is 77.9 Å². The second kappa shape index (κ2) is 9.35. The Morgan fingerprint density at radius 2 is 1.88 bits per heavy atom. The van der Waals surface area contributed by atoms with Crippen LogP contribution in [0.2, 0.25) is 0 Å². The van der Waals surface area contributed by atoms with Crippen LogP contribution < -0.4 is 10.6 Å². The van der Waals surface area contributed by atoms with Gasteiger partial charge in [-0.2, -0.15) is 13.2 Å². The van der Waals surface area contributed by atoms with Gasteiger partial charge in [0.15, 0.2) is 0 Å². The predicted molar refractivity (Wildman–Crippen MR) is 114 cm³/mol. The number of furan rings is 1. The maximum atomic E-state index is 13.0. The highest BCUT2D eigenvalue weighted by atomic mass is 19.4. The molecule has 4 rings (SSSR count). The number of hydrogen-bond acceptors (Lipinski definition) is 5. The van der Waals surface area contributed by atoms with E-state index in [0.717, 1.165) is 12.1 Å². The van der Waals surface area contributed by atoms with Gasteiger partial charge in [0, 0.05) is 31.0 Å². The number of halogens is 3. The molecule has 1 aliphatic heterocycles. The molecular formula is C23H21F3N4O3. The summed E-state index contributed by atoms with van der Waals surface area (Å²) in [6.45, 7) is 0.967. The molecule has 0 unspecified atom stereocenters. The van der Waals surface area contributed by atoms with Gasteiger partial charge in [0.2, 0.25) is 0 Å². The van der Waals surface area contributed by atoms with Crippen LogP contribution in [0.15, 0.2) is 65.6 Å². The highest BCUT2D eigenvalue weighted by molar-refractivity contribution is 5.99. The number of benzene rings is 1. The summed E-state index contributed by atoms with van der Waals surface area (Å²) in [5.74, 6) is -0.354. The number of amides is 2. The quantitative estimate of drug-likeness (QED) is 0.589. The normalized spacial score (nSPS) is 14.7. The summed E-state index contributed by atoms with van der Waals surface area (Å²) in [6, 6.07) is 9.29. The molecule has 2 aromatic heterocycles. The number of nitrogens with one attached hydrogen (secondary N) is 2. The average Bonchev–Trinajstić information content (AvgIpc) is 3.34. The zero-order valence-corrected chi connectivity index (χ0v) is 17.4. The molecule has 2 amide bonds. The summed E-state index contributed by atoms with van der Waals surface area (Å²) in [7, 11) is 0. The molecular weight excluding hydrogens is 437 g/mol. The van der Waals surface area contributed by atoms with Crippen LogP contribution in [0.5, 0.6) is 0 Å². The average molecular weight is 458 g/mol. The lowest BCUT2D eigenvalue weighted by Gasteiger charge is -2.32. The maximum absolute atomic E-state index is 13.0. The van der Waals surface area contributed by atoms with E-state index in [1.807, 2.05) is 0 Å². The second-order valence-electron chi connectivity index (χ2n) is 7.66. The number of carbonyl (C=O) groups excluding carboxylic acids is 2. The van der Waals surface area contributed by atoms with Crippen molar-refractivity contribution >= 4 is 23.3 Å². The van der Waals surface area contributed by atoms with Crippen molar-refractivity contribution in [2.45, 2.75) is 25.1 Å². The number of pyridine rings is 1. The van der Waals surface area contributed by atoms with Crippen molar-refractivity contribution in [2.24, 2.45) is 0 Å². The number of aromatic nitrogens is 1. The summed E-state index contributed by atoms with van der Waals surface area (Å²) >= 11 is 0. The van der Waals surface area contributed by atoms with E-state index in [1.54, 1.807) is 23.1 Å². The van der Waals surface area contributed by atoms with Gasteiger partial charge < -0.3 is 20.0 Å². The monoisotopic (exact) mass is 458 g/mol. The molecule has 1 saturated heterocycles. The smallest absolute Gasteiger partial charge is 0.416 e. The van der Waals surface area contributed by atoms with Crippen LogP contribution >= 0.6 is 0 Å². The standard InChI is InChI=1S/C23H21F3N4O3/c24-23(25,26)16-3-1-4-18(13-16)28-20-19(5-2-9-27-20)21(31)29-17-6-10-30(11-7-17)22(32)15-8-12-33-14-15/h1-5,8-9,12-14,17H,6-7,10-11H2,(H,27,28)(H,29,31). The minimum absolute atomic E-state index is 0.117. The van der Waals surface area contributed by atoms with E-state index < -0.39 is 17.6 Å². The third-order valence-electron chi connectivity index (χ3n) is 5.39. The van der Waals surface area contributed by atoms with Crippen molar-refractivity contribution < 1.29 is 27.2 Å². The Hall–Kier alpha value is -3.82. The van der Waals surface area contributed by atoms with Crippen LogP contribution in [0.3, 0.4) is 0 Å². The van der Waals surface area contributed by atoms with Crippen LogP contribution in [0.1, 0.15) is 39.1 Å². The number of rotatable bonds is 5. The Bertz CT molecular complexity index is 1120. The van der Waals surface area contributed by atoms with Gasteiger partial charge >= 0.3 is 6.18 Å². The number of nitrogens with zero attached hydrogens (tertiary/aromatic N) is 2. The fraction of sp³-hybridized carbons (Fsp3) is 0.261. The molecule has 0 bridgehead atoms. The van der Waals surface area contributed by atoms with Crippen molar-refractivity contribution in [3.8, 4) is 0 Å². The minimum Gasteiger partial charge on any atom is -0.472 e. The van der Waals surface area contributed by atoms with E-state index in [1.165, 1.54) is 30.9 Å². The van der Waals surface area contributed by atoms with E-state index in [2.05, 4.69) is 15.6 Å². The Morgan fingerprint density at radius 1 is 1.09 bits per heavy atom. The number of hydrogen-bond donors (Lipinski definition) is 2. The lowest BCUT2D eigenvalue weighted by Crippen LogP contribution is -2.46. The van der Waals surface area contributed by atoms with Crippen LogP contribution in [0.4, 0.5) is 24.7 Å². The summed E-state index contributed by atoms with van der Waals surface area (Å²) in [5.41, 5.74) is 0.0692. The summed E-state index contributed by atoms with van der Waals surface area (Å²) in [4.78, 5) is 31.1. The fourth-order valence-electron chi connectivity index (χ4n) is 3.66. The van der Waals surface area contributed by atoms with E-state index in [-0.39, 0.29) is 29.0 Å². The topological polar surface area (TPSA) is 87.5 Å². The zero-order chi connectivity index (χ0) is 23.4. The van der Waals surface area contributed by atoms with Gasteiger partial charge in [0.05, 0.1) is 23.0 Å². The lowest BCUT2D eigenvalue weighted by molar-refractivity contribution is -0.137. The summed E-state index contributed by atoms with van der Waals surface area (Å²) < 4.78 is 43.9. The number of carbonyl (C=O) groups is 2. The third-order valence-corrected chi connectivity index (χ3v) is 5.39. The van der Waals surface area contributed by atoms with Crippen LogP contribution in [-0.2, 0) is 6.18 Å². The highest BCUT2D eigenvalue weighted by Crippen LogP contribution is 2.31. The van der Waals surface area contributed by atoms with Gasteiger partial charge in [-0.25, -0.2) is 4.98 Å². The van der Waals surface area contributed by atoms with Crippen molar-refractivity contribution in [1.82, 2.24) is 15.2 Å². The molecule has 2 N–H and O–H groups in total. The van der Waals surface area contributed by atoms with Crippen molar-refractivity contribution in [3.63, 3.8) is 0 Å². The van der Waals surface area contributed by atoms with E-state index in [4.69, 9.17) is 4.42 Å². The zero-order valence-electron chi connectivity index (χ0n) is 17.4. The molecule has 1 fully saturated rings. The largest absolute Gasteiger partial charge is 0.472 e. The summed E-state index contributed by atoms with van der Waals surface area (Å²) in [6.07, 6.45) is 0.969. The first-order chi connectivity index (χ1) is 15.8. The Labute approximate surface area is 187 Å². The molecule has 3 heterocycles. The first kappa shape index (κ1) is 22.4. The fourth-order valence-corrected chi connectivity index (χ4v) is 3.66. The molecule has 3 aromatic rings. The number of alkyl halides is 3. The minimum atomic E-state index is -4.48. The van der Waals surface area contributed by atoms with E-state index in [0.29, 0.717) is 31.5 Å². The highest BCUT2D eigenvalue weighted by Gasteiger charge is 2.30. The van der Waals surface area contributed by atoms with E-state index >= 15 is 0 Å². The Morgan fingerprint density at radius 3 is 2.58 bits per heavy atom. The molecule has 0 saturated carbocycles. The molecule has 0 spiro atoms. The maximum Gasteiger partial charge on any atom is 0.416 e. The lowest BCUT2D eigenvalue weighted by atomic mass is 10.0. The van der Waals surface area contributed by atoms with Gasteiger partial charge in [0.25, 0.3) is 11.8 Å². The molecule has 0 atom stereocenters. The second-order valence-corrected chi connectivity index (χ2v) is 7.66.